The van der Waals surface area contributed by atoms with E-state index in [-0.39, 0.29) is 5.38 Å². The Morgan fingerprint density at radius 1 is 1.22 bits per heavy atom. The molecule has 94 valence electrons. The fraction of sp³-hybridized carbons (Fsp3) is 0.429. The van der Waals surface area contributed by atoms with Gasteiger partial charge >= 0.3 is 0 Å². The second-order valence-corrected chi connectivity index (χ2v) is 5.53. The topological polar surface area (TPSA) is 30.7 Å². The summed E-state index contributed by atoms with van der Waals surface area (Å²) in [4.78, 5) is 0. The molecule has 1 aromatic carbocycles. The van der Waals surface area contributed by atoms with E-state index in [1.54, 1.807) is 0 Å². The van der Waals surface area contributed by atoms with Gasteiger partial charge in [-0.05, 0) is 30.9 Å². The van der Waals surface area contributed by atoms with Gasteiger partial charge in [0.1, 0.15) is 0 Å². The van der Waals surface area contributed by atoms with Gasteiger partial charge in [0.05, 0.1) is 17.6 Å². The maximum absolute atomic E-state index is 6.32. The van der Waals surface area contributed by atoms with Gasteiger partial charge in [0.15, 0.2) is 0 Å². The molecule has 0 amide bonds. The molecule has 4 heteroatoms. The molecule has 1 aliphatic carbocycles. The average molecular weight is 262 g/mol. The van der Waals surface area contributed by atoms with Crippen LogP contribution in [0, 0.1) is 5.92 Å². The molecule has 0 bridgehead atoms. The Bertz CT molecular complexity index is 523. The van der Waals surface area contributed by atoms with E-state index in [4.69, 9.17) is 11.6 Å². The minimum atomic E-state index is 0.272. The van der Waals surface area contributed by atoms with Crippen LogP contribution >= 0.6 is 11.6 Å². The van der Waals surface area contributed by atoms with Crippen LogP contribution in [0.3, 0.4) is 0 Å². The van der Waals surface area contributed by atoms with Crippen LogP contribution < -0.4 is 0 Å². The van der Waals surface area contributed by atoms with Gasteiger partial charge in [-0.25, -0.2) is 4.68 Å². The van der Waals surface area contributed by atoms with Crippen LogP contribution in [0.25, 0.3) is 5.69 Å². The van der Waals surface area contributed by atoms with Crippen molar-refractivity contribution >= 4 is 11.6 Å². The van der Waals surface area contributed by atoms with Crippen molar-refractivity contribution in [1.29, 1.82) is 0 Å². The lowest BCUT2D eigenvalue weighted by atomic mass is 9.95. The van der Waals surface area contributed by atoms with E-state index in [2.05, 4.69) is 29.4 Å². The Kier molecular flexibility index (Phi) is 3.08. The highest BCUT2D eigenvalue weighted by molar-refractivity contribution is 6.21. The lowest BCUT2D eigenvalue weighted by molar-refractivity contribution is 0.513. The molecule has 1 fully saturated rings. The molecule has 3 nitrogen and oxygen atoms in total. The van der Waals surface area contributed by atoms with Crippen LogP contribution in [0.2, 0.25) is 0 Å². The molecule has 1 aromatic heterocycles. The summed E-state index contributed by atoms with van der Waals surface area (Å²) >= 11 is 6.32. The molecule has 0 radical (unpaired) electrons. The van der Waals surface area contributed by atoms with Crippen LogP contribution in [0.5, 0.6) is 0 Å². The van der Waals surface area contributed by atoms with Gasteiger partial charge in [-0.3, -0.25) is 0 Å². The third kappa shape index (κ3) is 1.93. The number of hydrogen-bond acceptors (Lipinski definition) is 2. The Morgan fingerprint density at radius 2 is 2.00 bits per heavy atom. The van der Waals surface area contributed by atoms with Crippen LogP contribution in [-0.2, 0) is 0 Å². The van der Waals surface area contributed by atoms with Crippen molar-refractivity contribution in [3.05, 3.63) is 42.2 Å². The summed E-state index contributed by atoms with van der Waals surface area (Å²) in [7, 11) is 0. The van der Waals surface area contributed by atoms with Crippen LogP contribution in [0.1, 0.15) is 31.4 Å². The second kappa shape index (κ2) is 4.73. The summed E-state index contributed by atoms with van der Waals surface area (Å²) in [6.45, 7) is 2.22. The van der Waals surface area contributed by atoms with Crippen molar-refractivity contribution in [2.24, 2.45) is 5.92 Å². The van der Waals surface area contributed by atoms with Gasteiger partial charge in [-0.1, -0.05) is 30.3 Å². The van der Waals surface area contributed by atoms with Gasteiger partial charge < -0.3 is 0 Å². The zero-order valence-corrected chi connectivity index (χ0v) is 11.1. The maximum Gasteiger partial charge on any atom is 0.0732 e. The van der Waals surface area contributed by atoms with E-state index in [1.165, 1.54) is 5.69 Å². The molecular weight excluding hydrogens is 246 g/mol. The molecule has 0 aliphatic heterocycles. The molecule has 3 unspecified atom stereocenters. The monoisotopic (exact) mass is 261 g/mol. The first-order valence-corrected chi connectivity index (χ1v) is 6.81. The number of nitrogens with zero attached hydrogens (tertiary/aromatic N) is 3. The van der Waals surface area contributed by atoms with E-state index in [0.717, 1.165) is 18.5 Å². The van der Waals surface area contributed by atoms with E-state index >= 15 is 0 Å². The molecule has 3 rings (SSSR count). The summed E-state index contributed by atoms with van der Waals surface area (Å²) in [5.74, 6) is 0.940. The molecule has 0 spiro atoms. The normalized spacial score (nSPS) is 27.6. The molecule has 0 N–H and O–H groups in total. The van der Waals surface area contributed by atoms with E-state index in [9.17, 15) is 0 Å². The van der Waals surface area contributed by atoms with Gasteiger partial charge in [0.25, 0.3) is 0 Å². The zero-order chi connectivity index (χ0) is 12.5. The third-order valence-corrected chi connectivity index (χ3v) is 4.53. The fourth-order valence-electron chi connectivity index (χ4n) is 2.80. The molecule has 18 heavy (non-hydrogen) atoms. The summed E-state index contributed by atoms with van der Waals surface area (Å²) in [6, 6.07) is 10.1. The Balaban J connectivity index is 1.98. The van der Waals surface area contributed by atoms with Crippen molar-refractivity contribution in [1.82, 2.24) is 15.0 Å². The third-order valence-electron chi connectivity index (χ3n) is 3.91. The SMILES string of the molecule is CC1C(Cl)CCC1c1cnnn1-c1ccccc1. The largest absolute Gasteiger partial charge is 0.217 e. The fourth-order valence-corrected chi connectivity index (χ4v) is 3.10. The number of para-hydroxylation sites is 1. The van der Waals surface area contributed by atoms with E-state index in [1.807, 2.05) is 29.1 Å². The number of benzene rings is 1. The summed E-state index contributed by atoms with van der Waals surface area (Å²) < 4.78 is 1.94. The van der Waals surface area contributed by atoms with Crippen LogP contribution in [0.4, 0.5) is 0 Å². The number of aromatic nitrogens is 3. The van der Waals surface area contributed by atoms with Crippen LogP contribution in [-0.4, -0.2) is 20.4 Å². The molecular formula is C14H16ClN3. The number of alkyl halides is 1. The highest BCUT2D eigenvalue weighted by atomic mass is 35.5. The van der Waals surface area contributed by atoms with Gasteiger partial charge in [-0.2, -0.15) is 0 Å². The second-order valence-electron chi connectivity index (χ2n) is 4.97. The average Bonchev–Trinajstić information content (AvgIpc) is 2.99. The zero-order valence-electron chi connectivity index (χ0n) is 10.3. The minimum Gasteiger partial charge on any atom is -0.217 e. The maximum atomic E-state index is 6.32. The highest BCUT2D eigenvalue weighted by Crippen LogP contribution is 2.42. The van der Waals surface area contributed by atoms with Gasteiger partial charge in [0, 0.05) is 11.3 Å². The lowest BCUT2D eigenvalue weighted by Gasteiger charge is -2.17. The summed E-state index contributed by atoms with van der Waals surface area (Å²) in [5, 5.41) is 8.56. The van der Waals surface area contributed by atoms with Crippen molar-refractivity contribution in [3.63, 3.8) is 0 Å². The molecule has 1 aliphatic rings. The first-order chi connectivity index (χ1) is 8.77. The van der Waals surface area contributed by atoms with E-state index in [0.29, 0.717) is 11.8 Å². The first-order valence-electron chi connectivity index (χ1n) is 6.37. The highest BCUT2D eigenvalue weighted by Gasteiger charge is 2.34. The van der Waals surface area contributed by atoms with E-state index < -0.39 is 0 Å². The number of rotatable bonds is 2. The Hall–Kier alpha value is -1.35. The molecule has 3 atom stereocenters. The first kappa shape index (κ1) is 11.7. The Labute approximate surface area is 112 Å². The predicted octanol–water partition coefficient (Wildman–Crippen LogP) is 3.39. The van der Waals surface area contributed by atoms with Crippen molar-refractivity contribution in [3.8, 4) is 5.69 Å². The van der Waals surface area contributed by atoms with Crippen molar-refractivity contribution in [2.45, 2.75) is 31.1 Å². The summed E-state index contributed by atoms with van der Waals surface area (Å²) in [6.07, 6.45) is 4.08. The molecule has 1 saturated carbocycles. The molecule has 1 heterocycles. The van der Waals surface area contributed by atoms with Gasteiger partial charge in [0.2, 0.25) is 0 Å². The number of hydrogen-bond donors (Lipinski definition) is 0. The van der Waals surface area contributed by atoms with Crippen molar-refractivity contribution in [2.75, 3.05) is 0 Å². The molecule has 0 saturated heterocycles. The predicted molar refractivity (Wildman–Crippen MR) is 72.1 cm³/mol. The van der Waals surface area contributed by atoms with Crippen LogP contribution in [0.15, 0.2) is 36.5 Å². The standard InChI is InChI=1S/C14H16ClN3/c1-10-12(7-8-13(10)15)14-9-16-17-18(14)11-5-3-2-4-6-11/h2-6,9-10,12-13H,7-8H2,1H3. The lowest BCUT2D eigenvalue weighted by Crippen LogP contribution is -2.13. The summed E-state index contributed by atoms with van der Waals surface area (Å²) in [5.41, 5.74) is 2.24. The quantitative estimate of drug-likeness (QED) is 0.776. The Morgan fingerprint density at radius 3 is 2.67 bits per heavy atom. The smallest absolute Gasteiger partial charge is 0.0732 e. The van der Waals surface area contributed by atoms with Gasteiger partial charge in [-0.15, -0.1) is 16.7 Å². The minimum absolute atomic E-state index is 0.272. The van der Waals surface area contributed by atoms with Crippen molar-refractivity contribution < 1.29 is 0 Å². The number of halogens is 1. The molecule has 2 aromatic rings.